The van der Waals surface area contributed by atoms with Gasteiger partial charge >= 0.3 is 5.97 Å². The third-order valence-corrected chi connectivity index (χ3v) is 4.02. The van der Waals surface area contributed by atoms with Crippen LogP contribution in [-0.4, -0.2) is 48.8 Å². The highest BCUT2D eigenvalue weighted by atomic mass is 16.5. The number of piperidine rings is 1. The summed E-state index contributed by atoms with van der Waals surface area (Å²) in [5, 5.41) is 13.1. The minimum absolute atomic E-state index is 0.172. The largest absolute Gasteiger partial charge is 0.508 e. The minimum atomic E-state index is -0.172. The van der Waals surface area contributed by atoms with Gasteiger partial charge in [0.15, 0.2) is 0 Å². The topological polar surface area (TPSA) is 61.8 Å². The number of phenols is 1. The predicted molar refractivity (Wildman–Crippen MR) is 81.1 cm³/mol. The van der Waals surface area contributed by atoms with Gasteiger partial charge in [0.2, 0.25) is 0 Å². The molecule has 0 unspecified atom stereocenters. The lowest BCUT2D eigenvalue weighted by Gasteiger charge is -2.33. The number of benzene rings is 1. The molecule has 1 aromatic rings. The highest BCUT2D eigenvalue weighted by molar-refractivity contribution is 5.71. The van der Waals surface area contributed by atoms with Crippen molar-refractivity contribution in [1.29, 1.82) is 0 Å². The number of hydrogen-bond acceptors (Lipinski definition) is 5. The van der Waals surface area contributed by atoms with Crippen LogP contribution in [0.1, 0.15) is 31.4 Å². The van der Waals surface area contributed by atoms with E-state index in [9.17, 15) is 9.90 Å². The number of methoxy groups -OCH3 is 1. The summed E-state index contributed by atoms with van der Waals surface area (Å²) < 4.78 is 4.69. The number of esters is 1. The van der Waals surface area contributed by atoms with Crippen LogP contribution in [0.3, 0.4) is 0 Å². The lowest BCUT2D eigenvalue weighted by Crippen LogP contribution is -2.44. The Labute approximate surface area is 125 Å². The third-order valence-electron chi connectivity index (χ3n) is 4.02. The van der Waals surface area contributed by atoms with E-state index in [1.165, 1.54) is 7.11 Å². The molecule has 0 aliphatic carbocycles. The number of nitrogens with zero attached hydrogens (tertiary/aromatic N) is 1. The summed E-state index contributed by atoms with van der Waals surface area (Å²) in [6.45, 7) is 4.29. The summed E-state index contributed by atoms with van der Waals surface area (Å²) in [4.78, 5) is 13.4. The van der Waals surface area contributed by atoms with Crippen LogP contribution in [0.5, 0.6) is 5.75 Å². The Hall–Kier alpha value is -1.59. The Bertz CT molecular complexity index is 470. The molecular weight excluding hydrogens is 268 g/mol. The van der Waals surface area contributed by atoms with Crippen LogP contribution in [0.15, 0.2) is 24.3 Å². The number of carbonyl (C=O) groups is 1. The number of hydrogen-bond donors (Lipinski definition) is 2. The van der Waals surface area contributed by atoms with E-state index < -0.39 is 0 Å². The monoisotopic (exact) mass is 292 g/mol. The second-order valence-electron chi connectivity index (χ2n) is 5.61. The third kappa shape index (κ3) is 4.72. The fourth-order valence-electron chi connectivity index (χ4n) is 2.75. The van der Waals surface area contributed by atoms with Gasteiger partial charge in [0.1, 0.15) is 5.75 Å². The summed E-state index contributed by atoms with van der Waals surface area (Å²) in [6, 6.07) is 8.00. The van der Waals surface area contributed by atoms with E-state index in [-0.39, 0.29) is 12.0 Å². The number of likely N-dealkylation sites (tertiary alicyclic amines) is 1. The average molecular weight is 292 g/mol. The van der Waals surface area contributed by atoms with Crippen LogP contribution >= 0.6 is 0 Å². The van der Waals surface area contributed by atoms with Crippen molar-refractivity contribution < 1.29 is 14.6 Å². The molecule has 0 aromatic heterocycles. The Morgan fingerprint density at radius 3 is 2.81 bits per heavy atom. The standard InChI is InChI=1S/C16H24N2O3/c1-12(13-4-3-5-15(19)10-13)17-14-6-8-18(9-7-14)11-16(20)21-2/h3-5,10,12,14,17,19H,6-9,11H2,1-2H3/t12-/m0/s1. The Morgan fingerprint density at radius 1 is 1.48 bits per heavy atom. The highest BCUT2D eigenvalue weighted by Gasteiger charge is 2.22. The lowest BCUT2D eigenvalue weighted by atomic mass is 10.0. The van der Waals surface area contributed by atoms with Gasteiger partial charge in [0.05, 0.1) is 13.7 Å². The maximum Gasteiger partial charge on any atom is 0.319 e. The lowest BCUT2D eigenvalue weighted by molar-refractivity contribution is -0.142. The van der Waals surface area contributed by atoms with E-state index in [0.717, 1.165) is 31.5 Å². The van der Waals surface area contributed by atoms with Gasteiger partial charge in [0.25, 0.3) is 0 Å². The molecule has 5 nitrogen and oxygen atoms in total. The molecule has 1 saturated heterocycles. The van der Waals surface area contributed by atoms with Gasteiger partial charge in [-0.2, -0.15) is 0 Å². The molecule has 2 N–H and O–H groups in total. The van der Waals surface area contributed by atoms with Crippen molar-refractivity contribution in [3.8, 4) is 5.75 Å². The molecule has 0 saturated carbocycles. The molecule has 1 aliphatic rings. The Morgan fingerprint density at radius 2 is 2.19 bits per heavy atom. The molecule has 1 fully saturated rings. The van der Waals surface area contributed by atoms with Crippen molar-refractivity contribution in [2.24, 2.45) is 0 Å². The van der Waals surface area contributed by atoms with Gasteiger partial charge in [-0.15, -0.1) is 0 Å². The number of carbonyl (C=O) groups excluding carboxylic acids is 1. The van der Waals surface area contributed by atoms with E-state index in [1.807, 2.05) is 12.1 Å². The fourth-order valence-corrected chi connectivity index (χ4v) is 2.75. The summed E-state index contributed by atoms with van der Waals surface area (Å²) in [7, 11) is 1.42. The highest BCUT2D eigenvalue weighted by Crippen LogP contribution is 2.20. The van der Waals surface area contributed by atoms with Gasteiger partial charge in [-0.3, -0.25) is 9.69 Å². The first-order chi connectivity index (χ1) is 10.1. The van der Waals surface area contributed by atoms with Gasteiger partial charge in [0, 0.05) is 25.2 Å². The molecule has 0 spiro atoms. The van der Waals surface area contributed by atoms with E-state index >= 15 is 0 Å². The van der Waals surface area contributed by atoms with Crippen LogP contribution in [0.2, 0.25) is 0 Å². The second-order valence-corrected chi connectivity index (χ2v) is 5.61. The van der Waals surface area contributed by atoms with Crippen molar-refractivity contribution >= 4 is 5.97 Å². The zero-order valence-corrected chi connectivity index (χ0v) is 12.7. The van der Waals surface area contributed by atoms with E-state index in [4.69, 9.17) is 4.74 Å². The summed E-state index contributed by atoms with van der Waals surface area (Å²) in [6.07, 6.45) is 2.03. The molecule has 0 radical (unpaired) electrons. The van der Waals surface area contributed by atoms with Crippen LogP contribution in [0, 0.1) is 0 Å². The summed E-state index contributed by atoms with van der Waals surface area (Å²) in [5.74, 6) is 0.128. The van der Waals surface area contributed by atoms with Gasteiger partial charge in [-0.1, -0.05) is 12.1 Å². The zero-order chi connectivity index (χ0) is 15.2. The number of nitrogens with one attached hydrogen (secondary N) is 1. The average Bonchev–Trinajstić information content (AvgIpc) is 2.49. The van der Waals surface area contributed by atoms with Crippen LogP contribution in [-0.2, 0) is 9.53 Å². The molecule has 5 heteroatoms. The molecule has 2 rings (SSSR count). The maximum atomic E-state index is 11.3. The number of aromatic hydroxyl groups is 1. The number of rotatable bonds is 5. The van der Waals surface area contributed by atoms with E-state index in [0.29, 0.717) is 18.3 Å². The van der Waals surface area contributed by atoms with Gasteiger partial charge in [-0.25, -0.2) is 0 Å². The molecule has 0 amide bonds. The van der Waals surface area contributed by atoms with Crippen LogP contribution in [0.4, 0.5) is 0 Å². The quantitative estimate of drug-likeness (QED) is 0.809. The van der Waals surface area contributed by atoms with Crippen molar-refractivity contribution in [3.05, 3.63) is 29.8 Å². The van der Waals surface area contributed by atoms with Crippen molar-refractivity contribution in [2.75, 3.05) is 26.7 Å². The first-order valence-electron chi connectivity index (χ1n) is 7.42. The van der Waals surface area contributed by atoms with E-state index in [2.05, 4.69) is 17.1 Å². The summed E-state index contributed by atoms with van der Waals surface area (Å²) >= 11 is 0. The smallest absolute Gasteiger partial charge is 0.319 e. The van der Waals surface area contributed by atoms with Gasteiger partial charge < -0.3 is 15.2 Å². The molecular formula is C16H24N2O3. The fraction of sp³-hybridized carbons (Fsp3) is 0.562. The van der Waals surface area contributed by atoms with Crippen molar-refractivity contribution in [2.45, 2.75) is 31.8 Å². The van der Waals surface area contributed by atoms with Gasteiger partial charge in [-0.05, 0) is 37.5 Å². The first-order valence-corrected chi connectivity index (χ1v) is 7.42. The molecule has 21 heavy (non-hydrogen) atoms. The SMILES string of the molecule is COC(=O)CN1CCC(N[C@@H](C)c2cccc(O)c2)CC1. The Kier molecular flexibility index (Phi) is 5.59. The molecule has 1 heterocycles. The second kappa shape index (κ2) is 7.43. The zero-order valence-electron chi connectivity index (χ0n) is 12.7. The van der Waals surface area contributed by atoms with Crippen LogP contribution in [0.25, 0.3) is 0 Å². The number of phenolic OH excluding ortho intramolecular Hbond substituents is 1. The summed E-state index contributed by atoms with van der Waals surface area (Å²) in [5.41, 5.74) is 1.09. The molecule has 1 aliphatic heterocycles. The number of ether oxygens (including phenoxy) is 1. The molecule has 1 aromatic carbocycles. The molecule has 0 bridgehead atoms. The van der Waals surface area contributed by atoms with Crippen molar-refractivity contribution in [1.82, 2.24) is 10.2 Å². The van der Waals surface area contributed by atoms with Crippen molar-refractivity contribution in [3.63, 3.8) is 0 Å². The Balaban J connectivity index is 1.79. The predicted octanol–water partition coefficient (Wildman–Crippen LogP) is 1.68. The normalized spacial score (nSPS) is 18.4. The minimum Gasteiger partial charge on any atom is -0.508 e. The first kappa shape index (κ1) is 15.8. The molecule has 116 valence electrons. The molecule has 1 atom stereocenters. The van der Waals surface area contributed by atoms with E-state index in [1.54, 1.807) is 12.1 Å². The van der Waals surface area contributed by atoms with Crippen LogP contribution < -0.4 is 5.32 Å². The maximum absolute atomic E-state index is 11.3.